The van der Waals surface area contributed by atoms with Gasteiger partial charge in [0.1, 0.15) is 11.8 Å². The van der Waals surface area contributed by atoms with E-state index in [1.165, 1.54) is 26.4 Å². The Labute approximate surface area is 121 Å². The molecule has 7 heteroatoms. The summed E-state index contributed by atoms with van der Waals surface area (Å²) >= 11 is 0. The fourth-order valence-electron chi connectivity index (χ4n) is 1.63. The minimum absolute atomic E-state index is 0.0439. The zero-order valence-electron chi connectivity index (χ0n) is 11.8. The molecule has 1 rings (SSSR count). The number of carbonyl (C=O) groups is 3. The topological polar surface area (TPSA) is 102 Å². The normalized spacial score (nSPS) is 11.3. The summed E-state index contributed by atoms with van der Waals surface area (Å²) in [6.07, 6.45) is -0.135. The molecular weight excluding hydrogens is 278 g/mol. The zero-order chi connectivity index (χ0) is 15.8. The van der Waals surface area contributed by atoms with Crippen LogP contribution in [0.3, 0.4) is 0 Å². The number of ether oxygens (including phenoxy) is 2. The Balaban J connectivity index is 2.71. The van der Waals surface area contributed by atoms with E-state index >= 15 is 0 Å². The summed E-state index contributed by atoms with van der Waals surface area (Å²) in [5.41, 5.74) is 0.277. The van der Waals surface area contributed by atoms with Gasteiger partial charge in [-0.25, -0.2) is 4.79 Å². The van der Waals surface area contributed by atoms with Gasteiger partial charge < -0.3 is 19.9 Å². The van der Waals surface area contributed by atoms with Crippen LogP contribution in [0.2, 0.25) is 0 Å². The van der Waals surface area contributed by atoms with Crippen molar-refractivity contribution in [2.75, 3.05) is 14.2 Å². The zero-order valence-corrected chi connectivity index (χ0v) is 11.8. The molecule has 2 N–H and O–H groups in total. The highest BCUT2D eigenvalue weighted by atomic mass is 16.5. The Morgan fingerprint density at radius 2 is 2.00 bits per heavy atom. The minimum Gasteiger partial charge on any atom is -0.497 e. The molecule has 0 saturated heterocycles. The minimum atomic E-state index is -1.21. The summed E-state index contributed by atoms with van der Waals surface area (Å²) < 4.78 is 9.43. The van der Waals surface area contributed by atoms with Crippen LogP contribution in [0.1, 0.15) is 23.2 Å². The van der Waals surface area contributed by atoms with Crippen molar-refractivity contribution in [1.82, 2.24) is 5.32 Å². The third-order valence-corrected chi connectivity index (χ3v) is 2.80. The second kappa shape index (κ2) is 7.88. The lowest BCUT2D eigenvalue weighted by molar-refractivity contribution is -0.142. The number of hydrogen-bond donors (Lipinski definition) is 2. The van der Waals surface area contributed by atoms with Gasteiger partial charge in [-0.05, 0) is 24.6 Å². The molecule has 114 valence electrons. The molecule has 1 aromatic rings. The number of aliphatic carboxylic acids is 1. The Morgan fingerprint density at radius 3 is 2.57 bits per heavy atom. The van der Waals surface area contributed by atoms with Crippen molar-refractivity contribution in [2.24, 2.45) is 0 Å². The Morgan fingerprint density at radius 1 is 1.29 bits per heavy atom. The van der Waals surface area contributed by atoms with Gasteiger partial charge in [0, 0.05) is 12.0 Å². The van der Waals surface area contributed by atoms with Gasteiger partial charge in [-0.3, -0.25) is 9.59 Å². The van der Waals surface area contributed by atoms with Crippen LogP contribution in [-0.2, 0) is 14.3 Å². The molecule has 0 heterocycles. The van der Waals surface area contributed by atoms with Crippen molar-refractivity contribution in [1.29, 1.82) is 0 Å². The van der Waals surface area contributed by atoms with Crippen LogP contribution in [0.15, 0.2) is 24.3 Å². The summed E-state index contributed by atoms with van der Waals surface area (Å²) in [7, 11) is 2.68. The molecule has 1 atom stereocenters. The number of hydrogen-bond acceptors (Lipinski definition) is 5. The van der Waals surface area contributed by atoms with Gasteiger partial charge >= 0.3 is 11.9 Å². The average molecular weight is 295 g/mol. The number of methoxy groups -OCH3 is 2. The fraction of sp³-hybridized carbons (Fsp3) is 0.357. The predicted molar refractivity (Wildman–Crippen MR) is 73.1 cm³/mol. The van der Waals surface area contributed by atoms with Crippen molar-refractivity contribution in [3.63, 3.8) is 0 Å². The third-order valence-electron chi connectivity index (χ3n) is 2.80. The van der Waals surface area contributed by atoms with E-state index in [-0.39, 0.29) is 18.4 Å². The Kier molecular flexibility index (Phi) is 6.19. The summed E-state index contributed by atoms with van der Waals surface area (Å²) in [4.78, 5) is 34.1. The predicted octanol–water partition coefficient (Wildman–Crippen LogP) is 0.831. The molecule has 7 nitrogen and oxygen atoms in total. The first-order chi connectivity index (χ1) is 9.97. The number of nitrogens with one attached hydrogen (secondary N) is 1. The summed E-state index contributed by atoms with van der Waals surface area (Å²) in [5.74, 6) is -1.80. The standard InChI is InChI=1S/C14H17NO6/c1-20-10-5-3-4-9(8-10)13(17)15-11(14(18)19)6-7-12(16)21-2/h3-5,8,11H,6-7H2,1-2H3,(H,15,17)(H,18,19). The second-order valence-electron chi connectivity index (χ2n) is 4.21. The maximum absolute atomic E-state index is 12.0. The monoisotopic (exact) mass is 295 g/mol. The molecule has 0 aliphatic carbocycles. The highest BCUT2D eigenvalue weighted by molar-refractivity contribution is 5.97. The van der Waals surface area contributed by atoms with Gasteiger partial charge in [0.25, 0.3) is 5.91 Å². The first-order valence-electron chi connectivity index (χ1n) is 6.22. The largest absolute Gasteiger partial charge is 0.497 e. The highest BCUT2D eigenvalue weighted by Gasteiger charge is 2.22. The van der Waals surface area contributed by atoms with Crippen molar-refractivity contribution >= 4 is 17.8 Å². The summed E-state index contributed by atoms with van der Waals surface area (Å²) in [5, 5.41) is 11.4. The molecule has 1 unspecified atom stereocenters. The first-order valence-corrected chi connectivity index (χ1v) is 6.22. The van der Waals surface area contributed by atoms with Crippen LogP contribution in [0, 0.1) is 0 Å². The Hall–Kier alpha value is -2.57. The lowest BCUT2D eigenvalue weighted by atomic mass is 10.1. The summed E-state index contributed by atoms with van der Waals surface area (Å²) in [6, 6.07) is 5.16. The fourth-order valence-corrected chi connectivity index (χ4v) is 1.63. The molecule has 0 radical (unpaired) electrons. The van der Waals surface area contributed by atoms with E-state index in [2.05, 4.69) is 10.1 Å². The lowest BCUT2D eigenvalue weighted by Gasteiger charge is -2.14. The maximum atomic E-state index is 12.0. The van der Waals surface area contributed by atoms with Gasteiger partial charge in [-0.2, -0.15) is 0 Å². The van der Waals surface area contributed by atoms with Crippen molar-refractivity contribution < 1.29 is 29.0 Å². The second-order valence-corrected chi connectivity index (χ2v) is 4.21. The van der Waals surface area contributed by atoms with Gasteiger partial charge in [0.15, 0.2) is 0 Å². The Bertz CT molecular complexity index is 528. The maximum Gasteiger partial charge on any atom is 0.326 e. The number of carboxylic acid groups (broad SMARTS) is 1. The van der Waals surface area contributed by atoms with E-state index in [0.717, 1.165) is 0 Å². The number of carbonyl (C=O) groups excluding carboxylic acids is 2. The molecule has 0 aliphatic rings. The molecule has 1 amide bonds. The molecule has 0 saturated carbocycles. The highest BCUT2D eigenvalue weighted by Crippen LogP contribution is 2.13. The quantitative estimate of drug-likeness (QED) is 0.722. The molecule has 0 spiro atoms. The van der Waals surface area contributed by atoms with Crippen LogP contribution in [0.5, 0.6) is 5.75 Å². The van der Waals surface area contributed by atoms with Crippen molar-refractivity contribution in [2.45, 2.75) is 18.9 Å². The van der Waals surface area contributed by atoms with Crippen molar-refractivity contribution in [3.05, 3.63) is 29.8 Å². The van der Waals surface area contributed by atoms with Gasteiger partial charge in [-0.1, -0.05) is 6.07 Å². The van der Waals surface area contributed by atoms with Crippen LogP contribution >= 0.6 is 0 Å². The SMILES string of the molecule is COC(=O)CCC(NC(=O)c1cccc(OC)c1)C(=O)O. The van der Waals surface area contributed by atoms with E-state index < -0.39 is 23.9 Å². The molecular formula is C14H17NO6. The average Bonchev–Trinajstić information content (AvgIpc) is 2.50. The number of benzene rings is 1. The van der Waals surface area contributed by atoms with Crippen LogP contribution in [-0.4, -0.2) is 43.2 Å². The number of rotatable bonds is 7. The molecule has 0 bridgehead atoms. The smallest absolute Gasteiger partial charge is 0.326 e. The van der Waals surface area contributed by atoms with Crippen molar-refractivity contribution in [3.8, 4) is 5.75 Å². The van der Waals surface area contributed by atoms with Crippen LogP contribution in [0.4, 0.5) is 0 Å². The molecule has 0 fully saturated rings. The van der Waals surface area contributed by atoms with Crippen LogP contribution < -0.4 is 10.1 Å². The third kappa shape index (κ3) is 5.13. The van der Waals surface area contributed by atoms with E-state index in [4.69, 9.17) is 9.84 Å². The lowest BCUT2D eigenvalue weighted by Crippen LogP contribution is -2.41. The summed E-state index contributed by atoms with van der Waals surface area (Å²) in [6.45, 7) is 0. The molecule has 1 aromatic carbocycles. The van der Waals surface area contributed by atoms with Gasteiger partial charge in [-0.15, -0.1) is 0 Å². The number of carboxylic acids is 1. The van der Waals surface area contributed by atoms with E-state index in [1.807, 2.05) is 0 Å². The van der Waals surface area contributed by atoms with Crippen LogP contribution in [0.25, 0.3) is 0 Å². The van der Waals surface area contributed by atoms with Gasteiger partial charge in [0.05, 0.1) is 14.2 Å². The number of amides is 1. The first kappa shape index (κ1) is 16.5. The van der Waals surface area contributed by atoms with E-state index in [1.54, 1.807) is 12.1 Å². The van der Waals surface area contributed by atoms with Gasteiger partial charge in [0.2, 0.25) is 0 Å². The number of esters is 1. The molecule has 0 aliphatic heterocycles. The molecule has 0 aromatic heterocycles. The molecule has 21 heavy (non-hydrogen) atoms. The van der Waals surface area contributed by atoms with E-state index in [9.17, 15) is 14.4 Å². The van der Waals surface area contributed by atoms with E-state index in [0.29, 0.717) is 5.75 Å².